The van der Waals surface area contributed by atoms with E-state index in [9.17, 15) is 0 Å². The molecule has 3 nitrogen and oxygen atoms in total. The third kappa shape index (κ3) is 1.56. The molecular formula is C9H11N3S. The Labute approximate surface area is 80.4 Å². The highest BCUT2D eigenvalue weighted by molar-refractivity contribution is 7.18. The van der Waals surface area contributed by atoms with E-state index in [0.29, 0.717) is 6.54 Å². The lowest BCUT2D eigenvalue weighted by atomic mass is 10.3. The predicted molar refractivity (Wildman–Crippen MR) is 55.6 cm³/mol. The molecule has 0 saturated heterocycles. The molecule has 0 spiro atoms. The number of nitrogens with zero attached hydrogens (tertiary/aromatic N) is 1. The molecule has 1 aromatic heterocycles. The minimum absolute atomic E-state index is 0.127. The van der Waals surface area contributed by atoms with Crippen molar-refractivity contribution in [3.63, 3.8) is 0 Å². The van der Waals surface area contributed by atoms with Crippen LogP contribution in [-0.4, -0.2) is 11.5 Å². The van der Waals surface area contributed by atoms with E-state index in [2.05, 4.69) is 4.98 Å². The summed E-state index contributed by atoms with van der Waals surface area (Å²) in [5.74, 6) is 0. The van der Waals surface area contributed by atoms with Crippen LogP contribution >= 0.6 is 11.3 Å². The van der Waals surface area contributed by atoms with Crippen molar-refractivity contribution in [2.45, 2.75) is 6.04 Å². The number of nitrogens with two attached hydrogens (primary N) is 2. The summed E-state index contributed by atoms with van der Waals surface area (Å²) >= 11 is 1.61. The molecule has 1 aromatic carbocycles. The zero-order valence-corrected chi connectivity index (χ0v) is 7.92. The first kappa shape index (κ1) is 8.62. The number of hydrogen-bond acceptors (Lipinski definition) is 4. The highest BCUT2D eigenvalue weighted by Gasteiger charge is 2.09. The van der Waals surface area contributed by atoms with Crippen molar-refractivity contribution in [1.29, 1.82) is 0 Å². The van der Waals surface area contributed by atoms with Crippen LogP contribution in [-0.2, 0) is 0 Å². The maximum absolute atomic E-state index is 5.78. The van der Waals surface area contributed by atoms with E-state index in [1.54, 1.807) is 11.3 Å². The topological polar surface area (TPSA) is 64.9 Å². The normalized spacial score (nSPS) is 13.4. The second kappa shape index (κ2) is 3.41. The third-order valence-corrected chi connectivity index (χ3v) is 3.05. The molecule has 0 aliphatic rings. The Hall–Kier alpha value is -0.970. The molecule has 0 fully saturated rings. The number of aromatic nitrogens is 1. The summed E-state index contributed by atoms with van der Waals surface area (Å²) in [5.41, 5.74) is 12.3. The van der Waals surface area contributed by atoms with Crippen molar-refractivity contribution in [2.75, 3.05) is 6.54 Å². The molecule has 1 unspecified atom stereocenters. The van der Waals surface area contributed by atoms with Crippen LogP contribution in [0.1, 0.15) is 11.0 Å². The molecule has 68 valence electrons. The fourth-order valence-electron chi connectivity index (χ4n) is 1.15. The van der Waals surface area contributed by atoms with Crippen LogP contribution in [0.5, 0.6) is 0 Å². The summed E-state index contributed by atoms with van der Waals surface area (Å²) in [6.07, 6.45) is 0. The van der Waals surface area contributed by atoms with Crippen LogP contribution in [0.15, 0.2) is 24.3 Å². The van der Waals surface area contributed by atoms with Crippen molar-refractivity contribution in [1.82, 2.24) is 4.98 Å². The summed E-state index contributed by atoms with van der Waals surface area (Å²) in [7, 11) is 0. The van der Waals surface area contributed by atoms with Gasteiger partial charge in [0.1, 0.15) is 5.01 Å². The highest BCUT2D eigenvalue weighted by atomic mass is 32.1. The van der Waals surface area contributed by atoms with Gasteiger partial charge in [0.2, 0.25) is 0 Å². The van der Waals surface area contributed by atoms with Gasteiger partial charge in [0.25, 0.3) is 0 Å². The SMILES string of the molecule is NCC(N)c1nc2ccccc2s1. The molecule has 0 saturated carbocycles. The number of para-hydroxylation sites is 1. The molecule has 13 heavy (non-hydrogen) atoms. The van der Waals surface area contributed by atoms with Crippen molar-refractivity contribution in [2.24, 2.45) is 11.5 Å². The largest absolute Gasteiger partial charge is 0.329 e. The average molecular weight is 193 g/mol. The van der Waals surface area contributed by atoms with Gasteiger partial charge in [-0.3, -0.25) is 0 Å². The molecule has 4 heteroatoms. The number of benzene rings is 1. The summed E-state index contributed by atoms with van der Waals surface area (Å²) in [6, 6.07) is 7.87. The third-order valence-electron chi connectivity index (χ3n) is 1.88. The van der Waals surface area contributed by atoms with Crippen LogP contribution in [0.3, 0.4) is 0 Å². The van der Waals surface area contributed by atoms with Gasteiger partial charge in [-0.2, -0.15) is 0 Å². The highest BCUT2D eigenvalue weighted by Crippen LogP contribution is 2.24. The van der Waals surface area contributed by atoms with Gasteiger partial charge in [-0.05, 0) is 12.1 Å². The zero-order valence-electron chi connectivity index (χ0n) is 7.10. The molecule has 2 rings (SSSR count). The van der Waals surface area contributed by atoms with Crippen molar-refractivity contribution < 1.29 is 0 Å². The summed E-state index contributed by atoms with van der Waals surface area (Å²) < 4.78 is 1.17. The first-order valence-electron chi connectivity index (χ1n) is 4.12. The van der Waals surface area contributed by atoms with Gasteiger partial charge in [-0.25, -0.2) is 4.98 Å². The minimum atomic E-state index is -0.127. The van der Waals surface area contributed by atoms with Crippen LogP contribution in [0.2, 0.25) is 0 Å². The Balaban J connectivity index is 2.49. The molecule has 0 radical (unpaired) electrons. The minimum Gasteiger partial charge on any atom is -0.329 e. The van der Waals surface area contributed by atoms with Gasteiger partial charge in [-0.1, -0.05) is 12.1 Å². The fourth-order valence-corrected chi connectivity index (χ4v) is 2.13. The van der Waals surface area contributed by atoms with E-state index in [1.165, 1.54) is 4.70 Å². The van der Waals surface area contributed by atoms with Gasteiger partial charge >= 0.3 is 0 Å². The maximum atomic E-state index is 5.78. The summed E-state index contributed by atoms with van der Waals surface area (Å²) in [6.45, 7) is 0.444. The van der Waals surface area contributed by atoms with Crippen LogP contribution < -0.4 is 11.5 Å². The molecule has 0 amide bonds. The van der Waals surface area contributed by atoms with Gasteiger partial charge in [0.05, 0.1) is 16.3 Å². The smallest absolute Gasteiger partial charge is 0.112 e. The van der Waals surface area contributed by atoms with Crippen molar-refractivity contribution >= 4 is 21.6 Å². The van der Waals surface area contributed by atoms with E-state index in [1.807, 2.05) is 24.3 Å². The molecule has 0 bridgehead atoms. The van der Waals surface area contributed by atoms with E-state index in [4.69, 9.17) is 11.5 Å². The molecule has 2 aromatic rings. The van der Waals surface area contributed by atoms with E-state index in [-0.39, 0.29) is 6.04 Å². The van der Waals surface area contributed by atoms with E-state index in [0.717, 1.165) is 10.5 Å². The number of hydrogen-bond donors (Lipinski definition) is 2. The molecule has 4 N–H and O–H groups in total. The standard InChI is InChI=1S/C9H11N3S/c10-5-6(11)9-12-7-3-1-2-4-8(7)13-9/h1-4,6H,5,10-11H2. The number of thiazole rings is 1. The van der Waals surface area contributed by atoms with Gasteiger partial charge in [0.15, 0.2) is 0 Å². The molecule has 0 aliphatic carbocycles. The first-order chi connectivity index (χ1) is 6.31. The van der Waals surface area contributed by atoms with Gasteiger partial charge in [0, 0.05) is 6.54 Å². The fraction of sp³-hybridized carbons (Fsp3) is 0.222. The Bertz CT molecular complexity index is 377. The quantitative estimate of drug-likeness (QED) is 0.754. The van der Waals surface area contributed by atoms with Crippen LogP contribution in [0.25, 0.3) is 10.2 Å². The Kier molecular flexibility index (Phi) is 2.26. The monoisotopic (exact) mass is 193 g/mol. The van der Waals surface area contributed by atoms with Crippen LogP contribution in [0, 0.1) is 0 Å². The number of fused-ring (bicyclic) bond motifs is 1. The molecular weight excluding hydrogens is 182 g/mol. The molecule has 1 atom stereocenters. The first-order valence-corrected chi connectivity index (χ1v) is 4.94. The zero-order chi connectivity index (χ0) is 9.26. The van der Waals surface area contributed by atoms with Gasteiger partial charge in [-0.15, -0.1) is 11.3 Å². The average Bonchev–Trinajstić information content (AvgIpc) is 2.59. The second-order valence-electron chi connectivity index (χ2n) is 2.86. The Morgan fingerprint density at radius 3 is 2.85 bits per heavy atom. The predicted octanol–water partition coefficient (Wildman–Crippen LogP) is 1.25. The van der Waals surface area contributed by atoms with Crippen molar-refractivity contribution in [3.05, 3.63) is 29.3 Å². The molecule has 0 aliphatic heterocycles. The Morgan fingerprint density at radius 2 is 2.15 bits per heavy atom. The summed E-state index contributed by atoms with van der Waals surface area (Å²) in [5, 5.41) is 0.920. The lowest BCUT2D eigenvalue weighted by Crippen LogP contribution is -2.20. The maximum Gasteiger partial charge on any atom is 0.112 e. The lowest BCUT2D eigenvalue weighted by molar-refractivity contribution is 0.732. The van der Waals surface area contributed by atoms with Crippen LogP contribution in [0.4, 0.5) is 0 Å². The van der Waals surface area contributed by atoms with E-state index >= 15 is 0 Å². The number of rotatable bonds is 2. The van der Waals surface area contributed by atoms with Gasteiger partial charge < -0.3 is 11.5 Å². The molecule has 1 heterocycles. The summed E-state index contributed by atoms with van der Waals surface area (Å²) in [4.78, 5) is 4.40. The van der Waals surface area contributed by atoms with Crippen molar-refractivity contribution in [3.8, 4) is 0 Å². The lowest BCUT2D eigenvalue weighted by Gasteiger charge is -2.01. The van der Waals surface area contributed by atoms with E-state index < -0.39 is 0 Å². The second-order valence-corrected chi connectivity index (χ2v) is 3.92. The Morgan fingerprint density at radius 1 is 1.38 bits per heavy atom.